The highest BCUT2D eigenvalue weighted by Crippen LogP contribution is 2.26. The van der Waals surface area contributed by atoms with Gasteiger partial charge in [0.25, 0.3) is 0 Å². The largest absolute Gasteiger partial charge is 0.355 e. The van der Waals surface area contributed by atoms with Crippen molar-refractivity contribution in [2.75, 3.05) is 38.1 Å². The van der Waals surface area contributed by atoms with E-state index in [4.69, 9.17) is 0 Å². The van der Waals surface area contributed by atoms with E-state index in [1.54, 1.807) is 6.07 Å². The zero-order chi connectivity index (χ0) is 13.9. The third-order valence-electron chi connectivity index (χ3n) is 4.40. The molecule has 20 heavy (non-hydrogen) atoms. The molecule has 2 aliphatic rings. The SMILES string of the molecule is CNCc1cc(F)cnc1N1CCC(N2CCCC2)C1. The van der Waals surface area contributed by atoms with Crippen molar-refractivity contribution in [3.8, 4) is 0 Å². The summed E-state index contributed by atoms with van der Waals surface area (Å²) in [6.07, 6.45) is 5.18. The number of aromatic nitrogens is 1. The first kappa shape index (κ1) is 13.8. The smallest absolute Gasteiger partial charge is 0.141 e. The maximum absolute atomic E-state index is 13.4. The van der Waals surface area contributed by atoms with Crippen LogP contribution in [0.4, 0.5) is 10.2 Å². The van der Waals surface area contributed by atoms with E-state index in [-0.39, 0.29) is 5.82 Å². The lowest BCUT2D eigenvalue weighted by Gasteiger charge is -2.25. The third kappa shape index (κ3) is 2.79. The number of hydrogen-bond acceptors (Lipinski definition) is 4. The molecule has 1 atom stereocenters. The Bertz CT molecular complexity index is 459. The molecular formula is C15H23FN4. The minimum atomic E-state index is -0.255. The molecule has 1 aromatic heterocycles. The van der Waals surface area contributed by atoms with Crippen molar-refractivity contribution >= 4 is 5.82 Å². The van der Waals surface area contributed by atoms with Crippen LogP contribution in [0, 0.1) is 5.82 Å². The summed E-state index contributed by atoms with van der Waals surface area (Å²) < 4.78 is 13.4. The number of likely N-dealkylation sites (tertiary alicyclic amines) is 1. The number of rotatable bonds is 4. The Hall–Kier alpha value is -1.20. The Morgan fingerprint density at radius 1 is 1.35 bits per heavy atom. The monoisotopic (exact) mass is 278 g/mol. The quantitative estimate of drug-likeness (QED) is 0.907. The molecule has 0 aromatic carbocycles. The summed E-state index contributed by atoms with van der Waals surface area (Å²) in [7, 11) is 1.88. The predicted octanol–water partition coefficient (Wildman–Crippen LogP) is 1.61. The molecular weight excluding hydrogens is 255 g/mol. The Labute approximate surface area is 120 Å². The number of anilines is 1. The van der Waals surface area contributed by atoms with Crippen LogP contribution in [0.1, 0.15) is 24.8 Å². The summed E-state index contributed by atoms with van der Waals surface area (Å²) in [6.45, 7) is 5.17. The van der Waals surface area contributed by atoms with Crippen molar-refractivity contribution in [1.82, 2.24) is 15.2 Å². The summed E-state index contributed by atoms with van der Waals surface area (Å²) in [5, 5.41) is 3.10. The average Bonchev–Trinajstić information content (AvgIpc) is 3.10. The van der Waals surface area contributed by atoms with Gasteiger partial charge in [0.1, 0.15) is 11.6 Å². The highest BCUT2D eigenvalue weighted by atomic mass is 19.1. The highest BCUT2D eigenvalue weighted by molar-refractivity contribution is 5.48. The molecule has 0 amide bonds. The van der Waals surface area contributed by atoms with E-state index >= 15 is 0 Å². The molecule has 0 aliphatic carbocycles. The molecule has 2 saturated heterocycles. The minimum absolute atomic E-state index is 0.255. The zero-order valence-corrected chi connectivity index (χ0v) is 12.1. The van der Waals surface area contributed by atoms with Crippen LogP contribution in [0.5, 0.6) is 0 Å². The average molecular weight is 278 g/mol. The predicted molar refractivity (Wildman–Crippen MR) is 78.4 cm³/mol. The van der Waals surface area contributed by atoms with Gasteiger partial charge < -0.3 is 10.2 Å². The lowest BCUT2D eigenvalue weighted by atomic mass is 10.2. The highest BCUT2D eigenvalue weighted by Gasteiger charge is 2.30. The number of nitrogens with one attached hydrogen (secondary N) is 1. The standard InChI is InChI=1S/C15H23FN4/c1-17-9-12-8-13(16)10-18-15(12)20-7-4-14(11-20)19-5-2-3-6-19/h8,10,14,17H,2-7,9,11H2,1H3. The van der Waals surface area contributed by atoms with Gasteiger partial charge in [-0.05, 0) is 45.5 Å². The van der Waals surface area contributed by atoms with E-state index in [9.17, 15) is 4.39 Å². The van der Waals surface area contributed by atoms with E-state index in [2.05, 4.69) is 20.1 Å². The molecule has 1 N–H and O–H groups in total. The van der Waals surface area contributed by atoms with Gasteiger partial charge >= 0.3 is 0 Å². The minimum Gasteiger partial charge on any atom is -0.355 e. The van der Waals surface area contributed by atoms with Crippen LogP contribution >= 0.6 is 0 Å². The van der Waals surface area contributed by atoms with Crippen LogP contribution < -0.4 is 10.2 Å². The fraction of sp³-hybridized carbons (Fsp3) is 0.667. The van der Waals surface area contributed by atoms with Crippen LogP contribution in [-0.4, -0.2) is 49.2 Å². The second-order valence-corrected chi connectivity index (χ2v) is 5.80. The van der Waals surface area contributed by atoms with E-state index in [0.29, 0.717) is 12.6 Å². The Morgan fingerprint density at radius 2 is 2.15 bits per heavy atom. The van der Waals surface area contributed by atoms with Gasteiger partial charge in [0, 0.05) is 31.2 Å². The topological polar surface area (TPSA) is 31.4 Å². The number of pyridine rings is 1. The van der Waals surface area contributed by atoms with Gasteiger partial charge in [0.2, 0.25) is 0 Å². The molecule has 1 aromatic rings. The third-order valence-corrected chi connectivity index (χ3v) is 4.40. The molecule has 2 aliphatic heterocycles. The molecule has 3 heterocycles. The summed E-state index contributed by atoms with van der Waals surface area (Å²) >= 11 is 0. The van der Waals surface area contributed by atoms with E-state index in [1.807, 2.05) is 7.05 Å². The normalized spacial score (nSPS) is 23.7. The van der Waals surface area contributed by atoms with Crippen LogP contribution in [-0.2, 0) is 6.54 Å². The summed E-state index contributed by atoms with van der Waals surface area (Å²) in [5.41, 5.74) is 0.953. The zero-order valence-electron chi connectivity index (χ0n) is 12.1. The van der Waals surface area contributed by atoms with E-state index < -0.39 is 0 Å². The van der Waals surface area contributed by atoms with Crippen molar-refractivity contribution in [1.29, 1.82) is 0 Å². The maximum Gasteiger partial charge on any atom is 0.141 e. The van der Waals surface area contributed by atoms with Gasteiger partial charge in [-0.25, -0.2) is 9.37 Å². The van der Waals surface area contributed by atoms with E-state index in [0.717, 1.165) is 24.5 Å². The number of halogens is 1. The fourth-order valence-corrected chi connectivity index (χ4v) is 3.42. The molecule has 0 spiro atoms. The van der Waals surface area contributed by atoms with E-state index in [1.165, 1.54) is 38.5 Å². The summed E-state index contributed by atoms with van der Waals surface area (Å²) in [4.78, 5) is 9.25. The first-order valence-electron chi connectivity index (χ1n) is 7.56. The molecule has 0 saturated carbocycles. The lowest BCUT2D eigenvalue weighted by Crippen LogP contribution is -2.35. The Balaban J connectivity index is 1.73. The van der Waals surface area contributed by atoms with Crippen molar-refractivity contribution < 1.29 is 4.39 Å². The first-order valence-corrected chi connectivity index (χ1v) is 7.56. The lowest BCUT2D eigenvalue weighted by molar-refractivity contribution is 0.260. The van der Waals surface area contributed by atoms with Gasteiger partial charge in [0.05, 0.1) is 6.20 Å². The van der Waals surface area contributed by atoms with Crippen LogP contribution in [0.15, 0.2) is 12.3 Å². The van der Waals surface area contributed by atoms with Gasteiger partial charge in [-0.1, -0.05) is 0 Å². The molecule has 0 radical (unpaired) electrons. The van der Waals surface area contributed by atoms with Gasteiger partial charge in [-0.2, -0.15) is 0 Å². The maximum atomic E-state index is 13.4. The summed E-state index contributed by atoms with van der Waals surface area (Å²) in [5.74, 6) is 0.691. The second kappa shape index (κ2) is 6.06. The van der Waals surface area contributed by atoms with Crippen LogP contribution in [0.3, 0.4) is 0 Å². The molecule has 110 valence electrons. The molecule has 4 nitrogen and oxygen atoms in total. The van der Waals surface area contributed by atoms with Crippen molar-refractivity contribution in [2.24, 2.45) is 0 Å². The fourth-order valence-electron chi connectivity index (χ4n) is 3.42. The van der Waals surface area contributed by atoms with Crippen LogP contribution in [0.25, 0.3) is 0 Å². The van der Waals surface area contributed by atoms with Gasteiger partial charge in [-0.3, -0.25) is 4.90 Å². The molecule has 1 unspecified atom stereocenters. The van der Waals surface area contributed by atoms with Crippen molar-refractivity contribution in [2.45, 2.75) is 31.8 Å². The Morgan fingerprint density at radius 3 is 2.90 bits per heavy atom. The molecule has 2 fully saturated rings. The van der Waals surface area contributed by atoms with Crippen molar-refractivity contribution in [3.63, 3.8) is 0 Å². The number of nitrogens with zero attached hydrogens (tertiary/aromatic N) is 3. The number of hydrogen-bond donors (Lipinski definition) is 1. The second-order valence-electron chi connectivity index (χ2n) is 5.80. The molecule has 3 rings (SSSR count). The summed E-state index contributed by atoms with van der Waals surface area (Å²) in [6, 6.07) is 2.24. The van der Waals surface area contributed by atoms with Crippen LogP contribution in [0.2, 0.25) is 0 Å². The van der Waals surface area contributed by atoms with Gasteiger partial charge in [-0.15, -0.1) is 0 Å². The molecule has 0 bridgehead atoms. The first-order chi connectivity index (χ1) is 9.78. The molecule has 5 heteroatoms. The van der Waals surface area contributed by atoms with Gasteiger partial charge in [0.15, 0.2) is 0 Å². The van der Waals surface area contributed by atoms with Crippen molar-refractivity contribution in [3.05, 3.63) is 23.6 Å². The Kier molecular flexibility index (Phi) is 4.17.